The maximum atomic E-state index is 12.3. The molecule has 9 heteroatoms. The van der Waals surface area contributed by atoms with Gasteiger partial charge in [-0.05, 0) is 12.1 Å². The molecule has 0 amide bonds. The van der Waals surface area contributed by atoms with E-state index in [2.05, 4.69) is 15.3 Å². The smallest absolute Gasteiger partial charge is 0.303 e. The van der Waals surface area contributed by atoms with Gasteiger partial charge in [-0.3, -0.25) is 9.59 Å². The van der Waals surface area contributed by atoms with Gasteiger partial charge in [-0.2, -0.15) is 9.61 Å². The third-order valence-corrected chi connectivity index (χ3v) is 3.73. The summed E-state index contributed by atoms with van der Waals surface area (Å²) in [4.78, 5) is 23.2. The molecular weight excluding hydrogens is 296 g/mol. The van der Waals surface area contributed by atoms with Crippen LogP contribution in [0.2, 0.25) is 0 Å². The van der Waals surface area contributed by atoms with Gasteiger partial charge in [-0.1, -0.05) is 11.3 Å². The van der Waals surface area contributed by atoms with Crippen LogP contribution in [0.25, 0.3) is 4.96 Å². The lowest BCUT2D eigenvalue weighted by atomic mass is 10.2. The van der Waals surface area contributed by atoms with Gasteiger partial charge in [0.15, 0.2) is 0 Å². The summed E-state index contributed by atoms with van der Waals surface area (Å²) in [5.41, 5.74) is -0.133. The van der Waals surface area contributed by atoms with E-state index in [-0.39, 0.29) is 30.5 Å². The van der Waals surface area contributed by atoms with E-state index in [1.165, 1.54) is 6.26 Å². The number of carboxylic acid groups (broad SMARTS) is 1. The van der Waals surface area contributed by atoms with E-state index in [9.17, 15) is 9.59 Å². The first-order valence-corrected chi connectivity index (χ1v) is 6.93. The molecule has 3 rings (SSSR count). The van der Waals surface area contributed by atoms with Crippen LogP contribution < -0.4 is 5.56 Å². The van der Waals surface area contributed by atoms with Crippen molar-refractivity contribution in [2.45, 2.75) is 19.3 Å². The van der Waals surface area contributed by atoms with Gasteiger partial charge in [0.25, 0.3) is 5.56 Å². The predicted octanol–water partition coefficient (Wildman–Crippen LogP) is 0.747. The summed E-state index contributed by atoms with van der Waals surface area (Å²) >= 11 is 1.16. The number of carbonyl (C=O) groups is 1. The first kappa shape index (κ1) is 13.4. The second-order valence-electron chi connectivity index (χ2n) is 4.29. The third kappa shape index (κ3) is 2.82. The van der Waals surface area contributed by atoms with E-state index >= 15 is 0 Å². The van der Waals surface area contributed by atoms with E-state index in [0.29, 0.717) is 15.7 Å². The van der Waals surface area contributed by atoms with Gasteiger partial charge >= 0.3 is 5.97 Å². The number of nitrogens with zero attached hydrogens (tertiary/aromatic N) is 4. The zero-order valence-corrected chi connectivity index (χ0v) is 11.5. The topological polar surface area (TPSA) is 111 Å². The molecule has 0 spiro atoms. The Morgan fingerprint density at radius 1 is 1.43 bits per heavy atom. The van der Waals surface area contributed by atoms with Crippen LogP contribution in [0.1, 0.15) is 22.9 Å². The van der Waals surface area contributed by atoms with Crippen LogP contribution >= 0.6 is 11.3 Å². The summed E-state index contributed by atoms with van der Waals surface area (Å²) in [7, 11) is 0. The van der Waals surface area contributed by atoms with E-state index in [0.717, 1.165) is 15.9 Å². The Morgan fingerprint density at radius 3 is 3.00 bits per heavy atom. The van der Waals surface area contributed by atoms with E-state index < -0.39 is 5.97 Å². The molecule has 0 bridgehead atoms. The first-order valence-electron chi connectivity index (χ1n) is 6.12. The maximum Gasteiger partial charge on any atom is 0.303 e. The van der Waals surface area contributed by atoms with Crippen molar-refractivity contribution in [1.82, 2.24) is 19.8 Å². The fraction of sp³-hybridized carbons (Fsp3) is 0.250. The minimum Gasteiger partial charge on any atom is -0.481 e. The molecule has 1 N–H and O–H groups in total. The second-order valence-corrected chi connectivity index (χ2v) is 5.33. The van der Waals surface area contributed by atoms with Crippen LogP contribution in [0.4, 0.5) is 0 Å². The quantitative estimate of drug-likeness (QED) is 0.740. The molecule has 108 valence electrons. The largest absolute Gasteiger partial charge is 0.481 e. The number of aliphatic carboxylic acids is 1. The minimum atomic E-state index is -0.911. The highest BCUT2D eigenvalue weighted by Crippen LogP contribution is 2.13. The van der Waals surface area contributed by atoms with Crippen molar-refractivity contribution in [3.05, 3.63) is 45.2 Å². The molecule has 0 atom stereocenters. The number of aromatic nitrogens is 4. The zero-order valence-electron chi connectivity index (χ0n) is 10.7. The normalized spacial score (nSPS) is 11.0. The van der Waals surface area contributed by atoms with Crippen molar-refractivity contribution in [3.63, 3.8) is 0 Å². The summed E-state index contributed by atoms with van der Waals surface area (Å²) in [5.74, 6) is -0.297. The zero-order chi connectivity index (χ0) is 14.8. The van der Waals surface area contributed by atoms with E-state index in [1.807, 2.05) is 0 Å². The summed E-state index contributed by atoms with van der Waals surface area (Å²) < 4.78 is 6.34. The van der Waals surface area contributed by atoms with E-state index in [1.54, 1.807) is 12.1 Å². The highest BCUT2D eigenvalue weighted by atomic mass is 32.1. The molecule has 0 fully saturated rings. The lowest BCUT2D eigenvalue weighted by molar-refractivity contribution is -0.136. The molecule has 0 unspecified atom stereocenters. The molecule has 0 radical (unpaired) electrons. The molecule has 0 aliphatic heterocycles. The third-order valence-electron chi connectivity index (χ3n) is 2.77. The molecule has 3 aromatic rings. The number of rotatable bonds is 5. The van der Waals surface area contributed by atoms with Crippen molar-refractivity contribution < 1.29 is 14.3 Å². The minimum absolute atomic E-state index is 0.0404. The van der Waals surface area contributed by atoms with Crippen molar-refractivity contribution in [2.75, 3.05) is 0 Å². The lowest BCUT2D eigenvalue weighted by Gasteiger charge is -1.95. The monoisotopic (exact) mass is 306 g/mol. The van der Waals surface area contributed by atoms with Gasteiger partial charge in [0.2, 0.25) is 4.96 Å². The average molecular weight is 306 g/mol. The Balaban J connectivity index is 1.92. The molecule has 0 saturated heterocycles. The Labute approximate surface area is 121 Å². The molecule has 0 saturated carbocycles. The molecular formula is C12H10N4O4S. The highest BCUT2D eigenvalue weighted by molar-refractivity contribution is 7.16. The summed E-state index contributed by atoms with van der Waals surface area (Å²) in [6.45, 7) is 0. The highest BCUT2D eigenvalue weighted by Gasteiger charge is 2.13. The molecule has 3 heterocycles. The number of carboxylic acids is 1. The Hall–Kier alpha value is -2.55. The van der Waals surface area contributed by atoms with Crippen molar-refractivity contribution >= 4 is 22.3 Å². The summed E-state index contributed by atoms with van der Waals surface area (Å²) in [6, 6.07) is 3.47. The Kier molecular flexibility index (Phi) is 3.48. The molecule has 0 aliphatic carbocycles. The Bertz CT molecular complexity index is 837. The number of aryl methyl sites for hydroxylation is 1. The van der Waals surface area contributed by atoms with Crippen LogP contribution in [0.15, 0.2) is 27.6 Å². The SMILES string of the molecule is O=C(O)CCc1nn2c(=O)c(Cc3ccco3)nnc2s1. The number of fused-ring (bicyclic) bond motifs is 1. The van der Waals surface area contributed by atoms with Crippen LogP contribution in [0.5, 0.6) is 0 Å². The first-order chi connectivity index (χ1) is 10.1. The summed E-state index contributed by atoms with van der Waals surface area (Å²) in [5, 5.41) is 21.2. The fourth-order valence-corrected chi connectivity index (χ4v) is 2.62. The molecule has 0 aromatic carbocycles. The summed E-state index contributed by atoms with van der Waals surface area (Å²) in [6.07, 6.45) is 1.98. The average Bonchev–Trinajstić information content (AvgIpc) is 3.09. The maximum absolute atomic E-state index is 12.3. The van der Waals surface area contributed by atoms with Gasteiger partial charge in [0.1, 0.15) is 16.5 Å². The van der Waals surface area contributed by atoms with Crippen molar-refractivity contribution in [1.29, 1.82) is 0 Å². The van der Waals surface area contributed by atoms with Gasteiger partial charge in [0.05, 0.1) is 19.1 Å². The number of furan rings is 1. The van der Waals surface area contributed by atoms with Crippen LogP contribution in [0.3, 0.4) is 0 Å². The second kappa shape index (κ2) is 5.44. The van der Waals surface area contributed by atoms with Crippen LogP contribution in [0, 0.1) is 0 Å². The standard InChI is InChI=1S/C12H10N4O4S/c17-10(18)4-3-9-15-16-11(19)8(13-14-12(16)21-9)6-7-2-1-5-20-7/h1-2,5H,3-4,6H2,(H,17,18). The van der Waals surface area contributed by atoms with Crippen molar-refractivity contribution in [2.24, 2.45) is 0 Å². The lowest BCUT2D eigenvalue weighted by Crippen LogP contribution is -2.22. The van der Waals surface area contributed by atoms with Gasteiger partial charge in [-0.25, -0.2) is 0 Å². The Morgan fingerprint density at radius 2 is 2.29 bits per heavy atom. The van der Waals surface area contributed by atoms with Crippen molar-refractivity contribution in [3.8, 4) is 0 Å². The number of hydrogen-bond acceptors (Lipinski definition) is 7. The molecule has 0 aliphatic rings. The number of hydrogen-bond donors (Lipinski definition) is 1. The van der Waals surface area contributed by atoms with Gasteiger partial charge < -0.3 is 9.52 Å². The molecule has 8 nitrogen and oxygen atoms in total. The van der Waals surface area contributed by atoms with E-state index in [4.69, 9.17) is 9.52 Å². The van der Waals surface area contributed by atoms with Gasteiger partial charge in [0, 0.05) is 6.42 Å². The van der Waals surface area contributed by atoms with Crippen LogP contribution in [-0.2, 0) is 17.6 Å². The predicted molar refractivity (Wildman–Crippen MR) is 72.4 cm³/mol. The van der Waals surface area contributed by atoms with Gasteiger partial charge in [-0.15, -0.1) is 10.2 Å². The molecule has 21 heavy (non-hydrogen) atoms. The molecule has 3 aromatic heterocycles. The van der Waals surface area contributed by atoms with Crippen LogP contribution in [-0.4, -0.2) is 30.9 Å². The fourth-order valence-electron chi connectivity index (χ4n) is 1.79.